The van der Waals surface area contributed by atoms with Crippen molar-refractivity contribution < 1.29 is 17.9 Å². The number of nitrogens with zero attached hydrogens (tertiary/aromatic N) is 2. The molecule has 1 aromatic heterocycles. The lowest BCUT2D eigenvalue weighted by Gasteiger charge is -2.03. The number of primary sulfonamides is 1. The van der Waals surface area contributed by atoms with Gasteiger partial charge < -0.3 is 9.30 Å². The van der Waals surface area contributed by atoms with Crippen molar-refractivity contribution in [3.8, 4) is 6.07 Å². The van der Waals surface area contributed by atoms with Crippen LogP contribution in [0.2, 0.25) is 0 Å². The number of esters is 1. The van der Waals surface area contributed by atoms with Gasteiger partial charge in [-0.25, -0.2) is 18.4 Å². The number of rotatable bonds is 3. The first-order chi connectivity index (χ1) is 8.29. The lowest BCUT2D eigenvalue weighted by molar-refractivity contribution is 0.0595. The zero-order valence-electron chi connectivity index (χ0n) is 10.2. The van der Waals surface area contributed by atoms with Gasteiger partial charge in [0.2, 0.25) is 10.0 Å². The molecule has 0 aromatic carbocycles. The third-order valence-corrected chi connectivity index (χ3v) is 3.55. The maximum absolute atomic E-state index is 11.7. The van der Waals surface area contributed by atoms with Crippen LogP contribution in [-0.4, -0.2) is 26.1 Å². The number of ether oxygens (including phenoxy) is 1. The Balaban J connectivity index is 3.88. The number of hydrogen-bond donors (Lipinski definition) is 1. The molecule has 0 atom stereocenters. The summed E-state index contributed by atoms with van der Waals surface area (Å²) in [5.41, 5.74) is 0.0544. The van der Waals surface area contributed by atoms with Crippen LogP contribution in [-0.2, 0) is 28.2 Å². The van der Waals surface area contributed by atoms with Crippen LogP contribution in [0.3, 0.4) is 0 Å². The maximum atomic E-state index is 11.7. The Morgan fingerprint density at radius 1 is 1.56 bits per heavy atom. The molecule has 98 valence electrons. The monoisotopic (exact) mass is 271 g/mol. The van der Waals surface area contributed by atoms with Gasteiger partial charge in [0, 0.05) is 12.7 Å². The van der Waals surface area contributed by atoms with E-state index in [-0.39, 0.29) is 11.3 Å². The Labute approximate surface area is 105 Å². The van der Waals surface area contributed by atoms with E-state index in [1.807, 2.05) is 0 Å². The molecule has 0 radical (unpaired) electrons. The van der Waals surface area contributed by atoms with Crippen molar-refractivity contribution in [3.63, 3.8) is 0 Å². The average Bonchev–Trinajstić information content (AvgIpc) is 2.59. The summed E-state index contributed by atoms with van der Waals surface area (Å²) in [6.07, 6.45) is 0.366. The van der Waals surface area contributed by atoms with Crippen molar-refractivity contribution >= 4 is 16.0 Å². The smallest absolute Gasteiger partial charge is 0.341 e. The summed E-state index contributed by atoms with van der Waals surface area (Å²) >= 11 is 0. The molecule has 0 saturated carbocycles. The first-order valence-electron chi connectivity index (χ1n) is 5.02. The van der Waals surface area contributed by atoms with E-state index in [4.69, 9.17) is 10.4 Å². The van der Waals surface area contributed by atoms with Crippen LogP contribution >= 0.6 is 0 Å². The minimum Gasteiger partial charge on any atom is -0.465 e. The van der Waals surface area contributed by atoms with Crippen molar-refractivity contribution in [2.45, 2.75) is 18.2 Å². The number of sulfonamides is 1. The van der Waals surface area contributed by atoms with Crippen molar-refractivity contribution in [2.24, 2.45) is 12.2 Å². The van der Waals surface area contributed by atoms with E-state index < -0.39 is 20.9 Å². The second-order valence-electron chi connectivity index (χ2n) is 3.56. The summed E-state index contributed by atoms with van der Waals surface area (Å²) < 4.78 is 29.0. The van der Waals surface area contributed by atoms with Gasteiger partial charge in [-0.15, -0.1) is 0 Å². The highest BCUT2D eigenvalue weighted by atomic mass is 32.2. The molecule has 0 fully saturated rings. The minimum absolute atomic E-state index is 0.165. The highest BCUT2D eigenvalue weighted by Gasteiger charge is 2.31. The fourth-order valence-corrected chi connectivity index (χ4v) is 2.77. The number of nitriles is 1. The molecule has 1 heterocycles. The Morgan fingerprint density at radius 2 is 2.11 bits per heavy atom. The van der Waals surface area contributed by atoms with Crippen LogP contribution in [0.15, 0.2) is 4.90 Å². The number of hydrogen-bond acceptors (Lipinski definition) is 5. The van der Waals surface area contributed by atoms with E-state index in [0.29, 0.717) is 12.1 Å². The topological polar surface area (TPSA) is 115 Å². The van der Waals surface area contributed by atoms with Gasteiger partial charge in [0.05, 0.1) is 7.11 Å². The Hall–Kier alpha value is -1.85. The van der Waals surface area contributed by atoms with Gasteiger partial charge in [0.15, 0.2) is 0 Å². The molecule has 1 aromatic rings. The van der Waals surface area contributed by atoms with E-state index in [0.717, 1.165) is 7.11 Å². The van der Waals surface area contributed by atoms with Crippen LogP contribution in [0.1, 0.15) is 28.7 Å². The van der Waals surface area contributed by atoms with E-state index in [2.05, 4.69) is 4.74 Å². The second-order valence-corrected chi connectivity index (χ2v) is 5.06. The van der Waals surface area contributed by atoms with Gasteiger partial charge in [-0.2, -0.15) is 5.26 Å². The lowest BCUT2D eigenvalue weighted by Crippen LogP contribution is -2.17. The van der Waals surface area contributed by atoms with Gasteiger partial charge in [0.1, 0.15) is 22.2 Å². The van der Waals surface area contributed by atoms with E-state index in [1.165, 1.54) is 11.6 Å². The molecule has 7 nitrogen and oxygen atoms in total. The number of nitrogens with two attached hydrogens (primary N) is 1. The molecule has 0 aliphatic carbocycles. The molecule has 0 bridgehead atoms. The minimum atomic E-state index is -4.19. The first-order valence-corrected chi connectivity index (χ1v) is 6.56. The molecular formula is C10H13N3O4S. The van der Waals surface area contributed by atoms with Crippen LogP contribution in [0.4, 0.5) is 0 Å². The molecule has 0 aliphatic heterocycles. The van der Waals surface area contributed by atoms with E-state index in [1.54, 1.807) is 13.0 Å². The summed E-state index contributed by atoms with van der Waals surface area (Å²) in [7, 11) is -1.56. The van der Waals surface area contributed by atoms with E-state index in [9.17, 15) is 13.2 Å². The van der Waals surface area contributed by atoms with Gasteiger partial charge in [-0.3, -0.25) is 0 Å². The highest BCUT2D eigenvalue weighted by molar-refractivity contribution is 7.89. The third kappa shape index (κ3) is 2.10. The predicted molar refractivity (Wildman–Crippen MR) is 62.2 cm³/mol. The molecule has 2 N–H and O–H groups in total. The van der Waals surface area contributed by atoms with Crippen LogP contribution < -0.4 is 5.14 Å². The summed E-state index contributed by atoms with van der Waals surface area (Å²) in [6, 6.07) is 1.74. The van der Waals surface area contributed by atoms with Crippen LogP contribution in [0.5, 0.6) is 0 Å². The quantitative estimate of drug-likeness (QED) is 0.770. The summed E-state index contributed by atoms with van der Waals surface area (Å²) in [4.78, 5) is 11.2. The number of carbonyl (C=O) groups excluding carboxylic acids is 1. The number of carbonyl (C=O) groups is 1. The molecule has 0 aliphatic rings. The first kappa shape index (κ1) is 14.2. The normalized spacial score (nSPS) is 11.1. The summed E-state index contributed by atoms with van der Waals surface area (Å²) in [5.74, 6) is -0.826. The molecule has 0 saturated heterocycles. The van der Waals surface area contributed by atoms with Crippen molar-refractivity contribution in [1.29, 1.82) is 5.26 Å². The Bertz CT molecular complexity index is 637. The van der Waals surface area contributed by atoms with Gasteiger partial charge in [-0.1, -0.05) is 6.92 Å². The van der Waals surface area contributed by atoms with Gasteiger partial charge >= 0.3 is 5.97 Å². The molecule has 8 heteroatoms. The molecule has 0 amide bonds. The van der Waals surface area contributed by atoms with Crippen LogP contribution in [0, 0.1) is 11.3 Å². The predicted octanol–water partition coefficient (Wildman–Crippen LogP) is -0.107. The zero-order chi connectivity index (χ0) is 14.1. The second kappa shape index (κ2) is 4.80. The average molecular weight is 271 g/mol. The fraction of sp³-hybridized carbons (Fsp3) is 0.400. The Morgan fingerprint density at radius 3 is 2.44 bits per heavy atom. The standard InChI is InChI=1S/C10H13N3O4S/c1-4-6-8(10(14)17-3)9(18(12,15)16)7(5-11)13(6)2/h4H2,1-3H3,(H2,12,15,16). The zero-order valence-corrected chi connectivity index (χ0v) is 11.0. The highest BCUT2D eigenvalue weighted by Crippen LogP contribution is 2.26. The fourth-order valence-electron chi connectivity index (χ4n) is 1.83. The van der Waals surface area contributed by atoms with E-state index >= 15 is 0 Å². The lowest BCUT2D eigenvalue weighted by atomic mass is 10.2. The van der Waals surface area contributed by atoms with Crippen molar-refractivity contribution in [2.75, 3.05) is 7.11 Å². The maximum Gasteiger partial charge on any atom is 0.341 e. The SMILES string of the molecule is CCc1c(C(=O)OC)c(S(N)(=O)=O)c(C#N)n1C. The molecule has 0 unspecified atom stereocenters. The van der Waals surface area contributed by atoms with Crippen molar-refractivity contribution in [3.05, 3.63) is 17.0 Å². The van der Waals surface area contributed by atoms with Crippen LogP contribution in [0.25, 0.3) is 0 Å². The molecule has 0 spiro atoms. The third-order valence-electron chi connectivity index (χ3n) is 2.59. The molecule has 1 rings (SSSR count). The molecular weight excluding hydrogens is 258 g/mol. The Kier molecular flexibility index (Phi) is 3.79. The van der Waals surface area contributed by atoms with Crippen molar-refractivity contribution in [1.82, 2.24) is 4.57 Å². The molecule has 18 heavy (non-hydrogen) atoms. The largest absolute Gasteiger partial charge is 0.465 e. The number of methoxy groups -OCH3 is 1. The number of aromatic nitrogens is 1. The summed E-state index contributed by atoms with van der Waals surface area (Å²) in [6.45, 7) is 1.73. The van der Waals surface area contributed by atoms with Gasteiger partial charge in [-0.05, 0) is 6.42 Å². The summed E-state index contributed by atoms with van der Waals surface area (Å²) in [5, 5.41) is 14.1. The van der Waals surface area contributed by atoms with Gasteiger partial charge in [0.25, 0.3) is 0 Å².